The van der Waals surface area contributed by atoms with Crippen LogP contribution in [0.4, 0.5) is 5.69 Å². The third-order valence-corrected chi connectivity index (χ3v) is 8.16. The predicted molar refractivity (Wildman–Crippen MR) is 133 cm³/mol. The number of amides is 1. The number of ether oxygens (including phenoxy) is 1. The number of carbonyl (C=O) groups is 1. The van der Waals surface area contributed by atoms with Gasteiger partial charge in [-0.25, -0.2) is 17.9 Å². The molecule has 35 heavy (non-hydrogen) atoms. The van der Waals surface area contributed by atoms with E-state index in [4.69, 9.17) is 9.72 Å². The first-order valence-corrected chi connectivity index (χ1v) is 13.6. The molecule has 2 aliphatic heterocycles. The van der Waals surface area contributed by atoms with Crippen LogP contribution in [-0.4, -0.2) is 78.3 Å². The molecule has 4 heterocycles. The summed E-state index contributed by atoms with van der Waals surface area (Å²) in [6.45, 7) is 6.82. The zero-order chi connectivity index (χ0) is 24.7. The van der Waals surface area contributed by atoms with Gasteiger partial charge in [-0.1, -0.05) is 12.1 Å². The normalized spacial score (nSPS) is 20.3. The molecule has 11 heteroatoms. The number of hydrogen-bond donors (Lipinski definition) is 1. The summed E-state index contributed by atoms with van der Waals surface area (Å²) in [5.41, 5.74) is 4.49. The molecule has 1 N–H and O–H groups in total. The zero-order valence-corrected chi connectivity index (χ0v) is 21.0. The summed E-state index contributed by atoms with van der Waals surface area (Å²) in [5.74, 6) is 0.652. The van der Waals surface area contributed by atoms with E-state index in [1.807, 2.05) is 44.3 Å². The van der Waals surface area contributed by atoms with Gasteiger partial charge in [-0.15, -0.1) is 0 Å². The van der Waals surface area contributed by atoms with E-state index in [-0.39, 0.29) is 17.9 Å². The Bertz CT molecular complexity index is 1350. The summed E-state index contributed by atoms with van der Waals surface area (Å²) in [6.07, 6.45) is 5.21. The number of hydrogen-bond acceptors (Lipinski definition) is 7. The quantitative estimate of drug-likeness (QED) is 0.551. The highest BCUT2D eigenvalue weighted by Crippen LogP contribution is 2.30. The second kappa shape index (κ2) is 9.12. The van der Waals surface area contributed by atoms with Crippen molar-refractivity contribution in [1.29, 1.82) is 0 Å². The molecule has 1 aromatic carbocycles. The van der Waals surface area contributed by atoms with Gasteiger partial charge in [0.15, 0.2) is 0 Å². The number of carbonyl (C=O) groups excluding carboxylic acids is 1. The number of rotatable bonds is 6. The van der Waals surface area contributed by atoms with Crippen molar-refractivity contribution in [1.82, 2.24) is 24.2 Å². The summed E-state index contributed by atoms with van der Waals surface area (Å²) in [5, 5.41) is 7.33. The van der Waals surface area contributed by atoms with Crippen molar-refractivity contribution in [2.45, 2.75) is 26.4 Å². The van der Waals surface area contributed by atoms with Gasteiger partial charge < -0.3 is 15.0 Å². The molecule has 2 atom stereocenters. The smallest absolute Gasteiger partial charge is 0.241 e. The number of nitrogens with one attached hydrogen (secondary N) is 1. The van der Waals surface area contributed by atoms with E-state index >= 15 is 0 Å². The van der Waals surface area contributed by atoms with Crippen LogP contribution in [0.1, 0.15) is 18.9 Å². The Balaban J connectivity index is 1.37. The van der Waals surface area contributed by atoms with Crippen molar-refractivity contribution >= 4 is 27.1 Å². The summed E-state index contributed by atoms with van der Waals surface area (Å²) < 4.78 is 33.1. The average Bonchev–Trinajstić information content (AvgIpc) is 3.44. The van der Waals surface area contributed by atoms with Crippen molar-refractivity contribution in [3.05, 3.63) is 42.2 Å². The molecular formula is C24H30N6O4S. The summed E-state index contributed by atoms with van der Waals surface area (Å²) >= 11 is 0. The van der Waals surface area contributed by atoms with Crippen LogP contribution in [0.2, 0.25) is 0 Å². The third kappa shape index (κ3) is 4.83. The van der Waals surface area contributed by atoms with Gasteiger partial charge in [-0.05, 0) is 26.0 Å². The highest BCUT2D eigenvalue weighted by atomic mass is 32.2. The van der Waals surface area contributed by atoms with E-state index in [0.29, 0.717) is 45.0 Å². The van der Waals surface area contributed by atoms with Gasteiger partial charge in [0.2, 0.25) is 21.8 Å². The number of anilines is 1. The number of sulfonamides is 1. The van der Waals surface area contributed by atoms with E-state index < -0.39 is 10.0 Å². The lowest BCUT2D eigenvalue weighted by Crippen LogP contribution is -2.48. The topological polar surface area (TPSA) is 109 Å². The molecule has 1 amide bonds. The molecule has 2 fully saturated rings. The van der Waals surface area contributed by atoms with E-state index in [2.05, 4.69) is 15.3 Å². The Hall–Kier alpha value is -3.18. The van der Waals surface area contributed by atoms with Gasteiger partial charge >= 0.3 is 0 Å². The molecule has 2 aliphatic rings. The van der Waals surface area contributed by atoms with Crippen LogP contribution in [0.25, 0.3) is 16.8 Å². The van der Waals surface area contributed by atoms with Crippen molar-refractivity contribution < 1.29 is 17.9 Å². The lowest BCUT2D eigenvalue weighted by atomic mass is 10.0. The lowest BCUT2D eigenvalue weighted by Gasteiger charge is -2.34. The molecule has 2 aromatic heterocycles. The fraction of sp³-hybridized carbons (Fsp3) is 0.458. The fourth-order valence-electron chi connectivity index (χ4n) is 4.69. The van der Waals surface area contributed by atoms with Crippen molar-refractivity contribution in [3.63, 3.8) is 0 Å². The van der Waals surface area contributed by atoms with Crippen molar-refractivity contribution in [3.8, 4) is 17.1 Å². The molecule has 1 unspecified atom stereocenters. The average molecular weight is 499 g/mol. The molecule has 186 valence electrons. The van der Waals surface area contributed by atoms with E-state index in [9.17, 15) is 13.2 Å². The molecule has 0 saturated carbocycles. The Morgan fingerprint density at radius 1 is 1.14 bits per heavy atom. The molecule has 0 bridgehead atoms. The first-order chi connectivity index (χ1) is 16.7. The lowest BCUT2D eigenvalue weighted by molar-refractivity contribution is -0.119. The maximum absolute atomic E-state index is 11.8. The summed E-state index contributed by atoms with van der Waals surface area (Å²) in [6, 6.07) is 8.08. The first-order valence-electron chi connectivity index (χ1n) is 11.8. The zero-order valence-electron chi connectivity index (χ0n) is 20.1. The number of aromatic nitrogens is 3. The highest BCUT2D eigenvalue weighted by molar-refractivity contribution is 7.88. The SMILES string of the molecule is Cc1cnn2cc(-c3ccc(N4CCN(S(C)(=O)=O)CC4)cc3)nc(OC(C)[C@H]3CNC(=O)C3)c12. The predicted octanol–water partition coefficient (Wildman–Crippen LogP) is 1.69. The summed E-state index contributed by atoms with van der Waals surface area (Å²) in [7, 11) is -3.15. The first kappa shape index (κ1) is 23.6. The second-order valence-electron chi connectivity index (χ2n) is 9.34. The molecule has 0 spiro atoms. The van der Waals surface area contributed by atoms with E-state index in [1.54, 1.807) is 10.7 Å². The maximum atomic E-state index is 11.8. The van der Waals surface area contributed by atoms with Crippen LogP contribution >= 0.6 is 0 Å². The second-order valence-corrected chi connectivity index (χ2v) is 11.3. The largest absolute Gasteiger partial charge is 0.473 e. The minimum absolute atomic E-state index is 0.0515. The van der Waals surface area contributed by atoms with Gasteiger partial charge in [0.25, 0.3) is 0 Å². The number of piperazine rings is 1. The van der Waals surface area contributed by atoms with Crippen LogP contribution in [0.3, 0.4) is 0 Å². The summed E-state index contributed by atoms with van der Waals surface area (Å²) in [4.78, 5) is 18.7. The van der Waals surface area contributed by atoms with Crippen LogP contribution in [0.15, 0.2) is 36.7 Å². The van der Waals surface area contributed by atoms with E-state index in [0.717, 1.165) is 28.0 Å². The van der Waals surface area contributed by atoms with E-state index in [1.165, 1.54) is 10.6 Å². The molecule has 3 aromatic rings. The number of benzene rings is 1. The van der Waals surface area contributed by atoms with Gasteiger partial charge in [0.05, 0.1) is 24.3 Å². The number of fused-ring (bicyclic) bond motifs is 1. The molecule has 0 radical (unpaired) electrons. The molecule has 10 nitrogen and oxygen atoms in total. The Labute approximate surface area is 204 Å². The van der Waals surface area contributed by atoms with Crippen LogP contribution in [0, 0.1) is 12.8 Å². The van der Waals surface area contributed by atoms with Gasteiger partial charge in [-0.3, -0.25) is 4.79 Å². The van der Waals surface area contributed by atoms with Crippen LogP contribution in [-0.2, 0) is 14.8 Å². The van der Waals surface area contributed by atoms with Gasteiger partial charge in [-0.2, -0.15) is 9.40 Å². The minimum atomic E-state index is -3.15. The number of nitrogens with zero attached hydrogens (tertiary/aromatic N) is 5. The molecule has 2 saturated heterocycles. The highest BCUT2D eigenvalue weighted by Gasteiger charge is 2.29. The molecular weight excluding hydrogens is 468 g/mol. The maximum Gasteiger partial charge on any atom is 0.241 e. The molecule has 0 aliphatic carbocycles. The third-order valence-electron chi connectivity index (χ3n) is 6.85. The number of aryl methyl sites for hydroxylation is 1. The Morgan fingerprint density at radius 3 is 2.49 bits per heavy atom. The molecule has 5 rings (SSSR count). The van der Waals surface area contributed by atoms with Crippen LogP contribution in [0.5, 0.6) is 5.88 Å². The van der Waals surface area contributed by atoms with Crippen molar-refractivity contribution in [2.24, 2.45) is 5.92 Å². The minimum Gasteiger partial charge on any atom is -0.473 e. The van der Waals surface area contributed by atoms with Crippen LogP contribution < -0.4 is 15.0 Å². The Morgan fingerprint density at radius 2 is 1.86 bits per heavy atom. The van der Waals surface area contributed by atoms with Gasteiger partial charge in [0, 0.05) is 61.9 Å². The fourth-order valence-corrected chi connectivity index (χ4v) is 5.52. The monoisotopic (exact) mass is 498 g/mol. The standard InChI is InChI=1S/C24H30N6O4S/c1-16-13-26-30-15-21(27-24(23(16)30)34-17(2)19-12-22(31)25-14-19)18-4-6-20(7-5-18)28-8-10-29(11-9-28)35(3,32)33/h4-7,13,15,17,19H,8-12,14H2,1-3H3,(H,25,31)/t17?,19-/m1/s1. The Kier molecular flexibility index (Phi) is 6.14. The van der Waals surface area contributed by atoms with Gasteiger partial charge in [0.1, 0.15) is 11.6 Å². The van der Waals surface area contributed by atoms with Crippen molar-refractivity contribution in [2.75, 3.05) is 43.9 Å².